The molecule has 2 aromatic rings. The molecule has 0 aliphatic carbocycles. The van der Waals surface area contributed by atoms with E-state index in [4.69, 9.17) is 16.3 Å². The molecule has 0 unspecified atom stereocenters. The molecule has 7 nitrogen and oxygen atoms in total. The highest BCUT2D eigenvalue weighted by Crippen LogP contribution is 2.23. The molecule has 1 aromatic heterocycles. The number of rotatable bonds is 7. The number of carbonyl (C=O) groups is 1. The summed E-state index contributed by atoms with van der Waals surface area (Å²) in [5.74, 6) is 0.869. The molecule has 0 fully saturated rings. The first-order valence-corrected chi connectivity index (χ1v) is 6.97. The van der Waals surface area contributed by atoms with E-state index in [0.717, 1.165) is 6.42 Å². The van der Waals surface area contributed by atoms with Gasteiger partial charge in [-0.25, -0.2) is 4.68 Å². The molecule has 2 rings (SSSR count). The highest BCUT2D eigenvalue weighted by molar-refractivity contribution is 6.32. The van der Waals surface area contributed by atoms with Crippen LogP contribution in [0.5, 0.6) is 5.75 Å². The highest BCUT2D eigenvalue weighted by Gasteiger charge is 2.11. The van der Waals surface area contributed by atoms with Crippen molar-refractivity contribution in [2.75, 3.05) is 6.54 Å². The van der Waals surface area contributed by atoms with Gasteiger partial charge in [-0.05, 0) is 29.0 Å². The molecule has 0 aliphatic rings. The molecule has 0 saturated heterocycles. The maximum absolute atomic E-state index is 11.7. The topological polar surface area (TPSA) is 81.9 Å². The minimum absolute atomic E-state index is 0.0637. The quantitative estimate of drug-likeness (QED) is 0.836. The predicted octanol–water partition coefficient (Wildman–Crippen LogP) is 1.43. The van der Waals surface area contributed by atoms with Gasteiger partial charge >= 0.3 is 0 Å². The van der Waals surface area contributed by atoms with E-state index in [-0.39, 0.29) is 19.1 Å². The summed E-state index contributed by atoms with van der Waals surface area (Å²) < 4.78 is 6.96. The predicted molar refractivity (Wildman–Crippen MR) is 76.9 cm³/mol. The number of benzene rings is 1. The Labute approximate surface area is 127 Å². The van der Waals surface area contributed by atoms with Crippen LogP contribution in [0.3, 0.4) is 0 Å². The Hall–Kier alpha value is -2.15. The number of nitrogens with one attached hydrogen (secondary N) is 1. The van der Waals surface area contributed by atoms with E-state index in [1.54, 1.807) is 12.1 Å². The molecule has 21 heavy (non-hydrogen) atoms. The van der Waals surface area contributed by atoms with Crippen LogP contribution < -0.4 is 10.1 Å². The number of halogens is 1. The van der Waals surface area contributed by atoms with Crippen LogP contribution in [0.25, 0.3) is 0 Å². The number of amides is 1. The summed E-state index contributed by atoms with van der Waals surface area (Å²) in [7, 11) is 0. The molecule has 0 saturated carbocycles. The van der Waals surface area contributed by atoms with E-state index in [0.29, 0.717) is 23.1 Å². The van der Waals surface area contributed by atoms with Crippen molar-refractivity contribution in [1.82, 2.24) is 25.5 Å². The van der Waals surface area contributed by atoms with Gasteiger partial charge in [0.05, 0.1) is 5.02 Å². The number of hydrogen-bond donors (Lipinski definition) is 1. The maximum Gasteiger partial charge on any atom is 0.241 e. The molecule has 0 aliphatic heterocycles. The number of aromatic nitrogens is 4. The summed E-state index contributed by atoms with van der Waals surface area (Å²) in [5.41, 5.74) is 0. The summed E-state index contributed by atoms with van der Waals surface area (Å²) in [5, 5.41) is 14.5. The third-order valence-corrected chi connectivity index (χ3v) is 2.98. The Morgan fingerprint density at radius 2 is 2.24 bits per heavy atom. The van der Waals surface area contributed by atoms with Crippen LogP contribution in [0.2, 0.25) is 5.02 Å². The molecular formula is C13H16ClN5O2. The van der Waals surface area contributed by atoms with Crippen molar-refractivity contribution in [3.05, 3.63) is 35.1 Å². The Kier molecular flexibility index (Phi) is 5.51. The fourth-order valence-electron chi connectivity index (χ4n) is 1.61. The number of carbonyl (C=O) groups excluding carboxylic acids is 1. The molecule has 0 bridgehead atoms. The van der Waals surface area contributed by atoms with Crippen LogP contribution in [-0.2, 0) is 17.9 Å². The summed E-state index contributed by atoms with van der Waals surface area (Å²) >= 11 is 6.00. The first-order chi connectivity index (χ1) is 10.2. The van der Waals surface area contributed by atoms with Crippen LogP contribution in [0.1, 0.15) is 19.2 Å². The first-order valence-electron chi connectivity index (χ1n) is 6.59. The van der Waals surface area contributed by atoms with Gasteiger partial charge in [0.2, 0.25) is 5.91 Å². The lowest BCUT2D eigenvalue weighted by Crippen LogP contribution is -2.29. The van der Waals surface area contributed by atoms with Crippen LogP contribution in [-0.4, -0.2) is 32.7 Å². The molecule has 0 spiro atoms. The Morgan fingerprint density at radius 1 is 1.43 bits per heavy atom. The molecule has 8 heteroatoms. The van der Waals surface area contributed by atoms with Crippen molar-refractivity contribution in [3.63, 3.8) is 0 Å². The Balaban J connectivity index is 1.94. The van der Waals surface area contributed by atoms with E-state index in [1.807, 2.05) is 19.1 Å². The van der Waals surface area contributed by atoms with Crippen LogP contribution in [0, 0.1) is 0 Å². The number of nitrogens with zero attached hydrogens (tertiary/aromatic N) is 4. The fraction of sp³-hybridized carbons (Fsp3) is 0.385. The van der Waals surface area contributed by atoms with Crippen molar-refractivity contribution in [2.45, 2.75) is 26.5 Å². The lowest BCUT2D eigenvalue weighted by atomic mass is 10.3. The minimum atomic E-state index is -0.136. The third kappa shape index (κ3) is 4.42. The van der Waals surface area contributed by atoms with Crippen molar-refractivity contribution >= 4 is 17.5 Å². The highest BCUT2D eigenvalue weighted by atomic mass is 35.5. The Morgan fingerprint density at radius 3 is 3.00 bits per heavy atom. The largest absolute Gasteiger partial charge is 0.484 e. The zero-order valence-electron chi connectivity index (χ0n) is 11.6. The molecule has 1 amide bonds. The van der Waals surface area contributed by atoms with E-state index in [9.17, 15) is 4.79 Å². The summed E-state index contributed by atoms with van der Waals surface area (Å²) in [6, 6.07) is 7.13. The summed E-state index contributed by atoms with van der Waals surface area (Å²) in [6.45, 7) is 2.82. The van der Waals surface area contributed by atoms with Gasteiger partial charge in [0.1, 0.15) is 18.9 Å². The number of tetrazole rings is 1. The van der Waals surface area contributed by atoms with Crippen LogP contribution in [0.4, 0.5) is 0 Å². The second-order valence-corrected chi connectivity index (χ2v) is 4.73. The van der Waals surface area contributed by atoms with Gasteiger partial charge in [0.15, 0.2) is 5.82 Å². The smallest absolute Gasteiger partial charge is 0.241 e. The molecule has 1 N–H and O–H groups in total. The number of para-hydroxylation sites is 1. The fourth-order valence-corrected chi connectivity index (χ4v) is 1.80. The maximum atomic E-state index is 11.7. The van der Waals surface area contributed by atoms with E-state index in [2.05, 4.69) is 20.8 Å². The normalized spacial score (nSPS) is 10.4. The second-order valence-electron chi connectivity index (χ2n) is 4.32. The third-order valence-electron chi connectivity index (χ3n) is 2.67. The molecule has 0 radical (unpaired) electrons. The molecule has 1 heterocycles. The summed E-state index contributed by atoms with van der Waals surface area (Å²) in [4.78, 5) is 11.7. The van der Waals surface area contributed by atoms with E-state index < -0.39 is 0 Å². The van der Waals surface area contributed by atoms with Crippen molar-refractivity contribution < 1.29 is 9.53 Å². The average molecular weight is 310 g/mol. The van der Waals surface area contributed by atoms with Gasteiger partial charge in [0.25, 0.3) is 0 Å². The summed E-state index contributed by atoms with van der Waals surface area (Å²) in [6.07, 6.45) is 0.879. The molecular weight excluding hydrogens is 294 g/mol. The Bertz CT molecular complexity index is 602. The van der Waals surface area contributed by atoms with Gasteiger partial charge < -0.3 is 10.1 Å². The lowest BCUT2D eigenvalue weighted by Gasteiger charge is -2.08. The van der Waals surface area contributed by atoms with Gasteiger partial charge in [0, 0.05) is 6.54 Å². The van der Waals surface area contributed by atoms with Gasteiger partial charge in [-0.15, -0.1) is 5.10 Å². The van der Waals surface area contributed by atoms with Crippen molar-refractivity contribution in [3.8, 4) is 5.75 Å². The molecule has 112 valence electrons. The lowest BCUT2D eigenvalue weighted by molar-refractivity contribution is -0.121. The number of hydrogen-bond acceptors (Lipinski definition) is 5. The van der Waals surface area contributed by atoms with E-state index >= 15 is 0 Å². The van der Waals surface area contributed by atoms with Gasteiger partial charge in [-0.1, -0.05) is 30.7 Å². The van der Waals surface area contributed by atoms with Gasteiger partial charge in [-0.3, -0.25) is 4.79 Å². The number of ether oxygens (including phenoxy) is 1. The van der Waals surface area contributed by atoms with Crippen LogP contribution in [0.15, 0.2) is 24.3 Å². The monoisotopic (exact) mass is 309 g/mol. The van der Waals surface area contributed by atoms with E-state index in [1.165, 1.54) is 4.68 Å². The second kappa shape index (κ2) is 7.58. The average Bonchev–Trinajstić information content (AvgIpc) is 2.91. The zero-order chi connectivity index (χ0) is 15.1. The minimum Gasteiger partial charge on any atom is -0.484 e. The first kappa shape index (κ1) is 15.2. The van der Waals surface area contributed by atoms with Gasteiger partial charge in [-0.2, -0.15) is 0 Å². The zero-order valence-corrected chi connectivity index (χ0v) is 12.4. The molecule has 0 atom stereocenters. The van der Waals surface area contributed by atoms with Crippen LogP contribution >= 0.6 is 11.6 Å². The molecule has 1 aromatic carbocycles. The van der Waals surface area contributed by atoms with Crippen molar-refractivity contribution in [1.29, 1.82) is 0 Å². The SMILES string of the molecule is CCCNC(=O)Cn1nnnc1COc1ccccc1Cl. The van der Waals surface area contributed by atoms with Crippen molar-refractivity contribution in [2.24, 2.45) is 0 Å². The standard InChI is InChI=1S/C13H16ClN5O2/c1-2-7-15-13(20)8-19-12(16-17-18-19)9-21-11-6-4-3-5-10(11)14/h3-6H,2,7-9H2,1H3,(H,15,20).